The molecule has 0 aliphatic carbocycles. The van der Waals surface area contributed by atoms with Crippen LogP contribution in [0.2, 0.25) is 0 Å². The minimum atomic E-state index is 0.723. The molecule has 3 aromatic rings. The molecule has 0 amide bonds. The molecule has 0 unspecified atom stereocenters. The molecule has 19 heavy (non-hydrogen) atoms. The highest BCUT2D eigenvalue weighted by molar-refractivity contribution is 5.85. The smallest absolute Gasteiger partial charge is 0.133 e. The van der Waals surface area contributed by atoms with Gasteiger partial charge in [0.15, 0.2) is 0 Å². The predicted octanol–water partition coefficient (Wildman–Crippen LogP) is 3.43. The summed E-state index contributed by atoms with van der Waals surface area (Å²) in [6.07, 6.45) is 0. The molecule has 1 heterocycles. The Labute approximate surface area is 112 Å². The average Bonchev–Trinajstić information content (AvgIpc) is 2.85. The third-order valence-electron chi connectivity index (χ3n) is 3.18. The van der Waals surface area contributed by atoms with Crippen LogP contribution in [-0.4, -0.2) is 5.16 Å². The van der Waals surface area contributed by atoms with E-state index in [1.807, 2.05) is 13.0 Å². The first-order chi connectivity index (χ1) is 9.33. The van der Waals surface area contributed by atoms with Gasteiger partial charge in [0.2, 0.25) is 0 Å². The molecule has 0 radical (unpaired) electrons. The van der Waals surface area contributed by atoms with Gasteiger partial charge in [-0.05, 0) is 23.3 Å². The zero-order valence-electron chi connectivity index (χ0n) is 10.9. The number of hydrogen-bond donors (Lipinski definition) is 1. The average molecular weight is 252 g/mol. The maximum absolute atomic E-state index is 5.05. The summed E-state index contributed by atoms with van der Waals surface area (Å²) in [5, 5.41) is 9.95. The van der Waals surface area contributed by atoms with E-state index in [1.165, 1.54) is 16.3 Å². The van der Waals surface area contributed by atoms with Gasteiger partial charge in [0, 0.05) is 19.2 Å². The molecule has 0 spiro atoms. The molecule has 0 aliphatic rings. The number of benzene rings is 2. The largest absolute Gasteiger partial charge is 0.361 e. The molecule has 2 aromatic carbocycles. The fourth-order valence-corrected chi connectivity index (χ4v) is 2.27. The Kier molecular flexibility index (Phi) is 3.29. The topological polar surface area (TPSA) is 38.1 Å². The van der Waals surface area contributed by atoms with Gasteiger partial charge in [-0.2, -0.15) is 0 Å². The van der Waals surface area contributed by atoms with Crippen LogP contribution >= 0.6 is 0 Å². The van der Waals surface area contributed by atoms with Gasteiger partial charge < -0.3 is 9.84 Å². The van der Waals surface area contributed by atoms with Crippen LogP contribution in [0.3, 0.4) is 0 Å². The summed E-state index contributed by atoms with van der Waals surface area (Å²) in [4.78, 5) is 0. The molecule has 0 aliphatic heterocycles. The molecule has 0 fully saturated rings. The molecule has 1 N–H and O–H groups in total. The van der Waals surface area contributed by atoms with Crippen molar-refractivity contribution in [1.82, 2.24) is 10.5 Å². The number of aromatic nitrogens is 1. The lowest BCUT2D eigenvalue weighted by atomic mass is 10.0. The van der Waals surface area contributed by atoms with Crippen LogP contribution in [0.25, 0.3) is 10.8 Å². The van der Waals surface area contributed by atoms with Crippen LogP contribution in [0.4, 0.5) is 0 Å². The van der Waals surface area contributed by atoms with Gasteiger partial charge in [0.1, 0.15) is 5.76 Å². The molecular weight excluding hydrogens is 236 g/mol. The number of fused-ring (bicyclic) bond motifs is 1. The third-order valence-corrected chi connectivity index (χ3v) is 3.18. The molecule has 3 rings (SSSR count). The van der Waals surface area contributed by atoms with Crippen molar-refractivity contribution in [2.75, 3.05) is 0 Å². The van der Waals surface area contributed by atoms with E-state index in [9.17, 15) is 0 Å². The van der Waals surface area contributed by atoms with Crippen molar-refractivity contribution in [2.45, 2.75) is 20.0 Å². The van der Waals surface area contributed by atoms with E-state index in [0.29, 0.717) is 0 Å². The van der Waals surface area contributed by atoms with Crippen LogP contribution in [0.15, 0.2) is 53.1 Å². The van der Waals surface area contributed by atoms with E-state index < -0.39 is 0 Å². The van der Waals surface area contributed by atoms with E-state index in [4.69, 9.17) is 4.52 Å². The zero-order valence-corrected chi connectivity index (χ0v) is 10.9. The van der Waals surface area contributed by atoms with Crippen molar-refractivity contribution < 1.29 is 4.52 Å². The van der Waals surface area contributed by atoms with E-state index in [2.05, 4.69) is 52.9 Å². The predicted molar refractivity (Wildman–Crippen MR) is 75.7 cm³/mol. The minimum absolute atomic E-state index is 0.723. The minimum Gasteiger partial charge on any atom is -0.361 e. The Balaban J connectivity index is 1.71. The maximum Gasteiger partial charge on any atom is 0.133 e. The lowest BCUT2D eigenvalue weighted by molar-refractivity contribution is 0.388. The van der Waals surface area contributed by atoms with Crippen molar-refractivity contribution in [3.63, 3.8) is 0 Å². The van der Waals surface area contributed by atoms with Crippen molar-refractivity contribution in [1.29, 1.82) is 0 Å². The summed E-state index contributed by atoms with van der Waals surface area (Å²) in [5.41, 5.74) is 2.25. The van der Waals surface area contributed by atoms with E-state index in [1.54, 1.807) is 0 Å². The van der Waals surface area contributed by atoms with Crippen molar-refractivity contribution in [3.8, 4) is 0 Å². The first-order valence-corrected chi connectivity index (χ1v) is 6.42. The van der Waals surface area contributed by atoms with Gasteiger partial charge in [-0.15, -0.1) is 0 Å². The summed E-state index contributed by atoms with van der Waals surface area (Å²) in [7, 11) is 0. The molecule has 3 heteroatoms. The highest BCUT2D eigenvalue weighted by Crippen LogP contribution is 2.18. The number of nitrogens with one attached hydrogen (secondary N) is 1. The second kappa shape index (κ2) is 5.24. The standard InChI is InChI=1S/C16H16N2O/c1-12-9-15(18-19-12)11-17-10-14-7-4-6-13-5-2-3-8-16(13)14/h2-9,17H,10-11H2,1H3. The lowest BCUT2D eigenvalue weighted by Gasteiger charge is -2.07. The van der Waals surface area contributed by atoms with Gasteiger partial charge in [-0.1, -0.05) is 47.6 Å². The first-order valence-electron chi connectivity index (χ1n) is 6.42. The molecule has 1 aromatic heterocycles. The van der Waals surface area contributed by atoms with Crippen LogP contribution in [-0.2, 0) is 13.1 Å². The Hall–Kier alpha value is -2.13. The molecule has 0 bridgehead atoms. The number of nitrogens with zero attached hydrogens (tertiary/aromatic N) is 1. The molecule has 96 valence electrons. The molecule has 3 nitrogen and oxygen atoms in total. The fraction of sp³-hybridized carbons (Fsp3) is 0.188. The molecule has 0 saturated carbocycles. The van der Waals surface area contributed by atoms with Crippen molar-refractivity contribution in [3.05, 3.63) is 65.5 Å². The second-order valence-corrected chi connectivity index (χ2v) is 4.67. The zero-order chi connectivity index (χ0) is 13.1. The summed E-state index contributed by atoms with van der Waals surface area (Å²) < 4.78 is 5.05. The maximum atomic E-state index is 5.05. The lowest BCUT2D eigenvalue weighted by Crippen LogP contribution is -2.13. The van der Waals surface area contributed by atoms with E-state index in [-0.39, 0.29) is 0 Å². The number of rotatable bonds is 4. The molecular formula is C16H16N2O. The van der Waals surface area contributed by atoms with Crippen LogP contribution < -0.4 is 5.32 Å². The van der Waals surface area contributed by atoms with Crippen molar-refractivity contribution >= 4 is 10.8 Å². The summed E-state index contributed by atoms with van der Waals surface area (Å²) in [6.45, 7) is 3.45. The monoisotopic (exact) mass is 252 g/mol. The Morgan fingerprint density at radius 1 is 1.05 bits per heavy atom. The number of aryl methyl sites for hydroxylation is 1. The Morgan fingerprint density at radius 3 is 2.74 bits per heavy atom. The highest BCUT2D eigenvalue weighted by atomic mass is 16.5. The quantitative estimate of drug-likeness (QED) is 0.773. The van der Waals surface area contributed by atoms with E-state index >= 15 is 0 Å². The SMILES string of the molecule is Cc1cc(CNCc2cccc3ccccc23)no1. The summed E-state index contributed by atoms with van der Waals surface area (Å²) >= 11 is 0. The van der Waals surface area contributed by atoms with Gasteiger partial charge >= 0.3 is 0 Å². The van der Waals surface area contributed by atoms with E-state index in [0.717, 1.165) is 24.5 Å². The number of hydrogen-bond acceptors (Lipinski definition) is 3. The molecule has 0 saturated heterocycles. The summed E-state index contributed by atoms with van der Waals surface area (Å²) in [6, 6.07) is 16.8. The summed E-state index contributed by atoms with van der Waals surface area (Å²) in [5.74, 6) is 0.849. The molecule has 0 atom stereocenters. The fourth-order valence-electron chi connectivity index (χ4n) is 2.27. The third kappa shape index (κ3) is 2.66. The Bertz CT molecular complexity index is 683. The van der Waals surface area contributed by atoms with Gasteiger partial charge in [0.25, 0.3) is 0 Å². The van der Waals surface area contributed by atoms with Gasteiger partial charge in [-0.25, -0.2) is 0 Å². The second-order valence-electron chi connectivity index (χ2n) is 4.67. The first kappa shape index (κ1) is 11.9. The van der Waals surface area contributed by atoms with Gasteiger partial charge in [0.05, 0.1) is 5.69 Å². The van der Waals surface area contributed by atoms with Crippen LogP contribution in [0.5, 0.6) is 0 Å². The van der Waals surface area contributed by atoms with Crippen LogP contribution in [0, 0.1) is 6.92 Å². The van der Waals surface area contributed by atoms with Crippen LogP contribution in [0.1, 0.15) is 17.0 Å². The normalized spacial score (nSPS) is 11.0. The Morgan fingerprint density at radius 2 is 1.89 bits per heavy atom. The van der Waals surface area contributed by atoms with Gasteiger partial charge in [-0.3, -0.25) is 0 Å². The van der Waals surface area contributed by atoms with Crippen molar-refractivity contribution in [2.24, 2.45) is 0 Å². The highest BCUT2D eigenvalue weighted by Gasteiger charge is 2.02.